The molecular formula is C26H22ClN3O4S. The zero-order chi connectivity index (χ0) is 24.2. The molecule has 4 aromatic rings. The molecule has 9 heteroatoms. The van der Waals surface area contributed by atoms with E-state index in [0.29, 0.717) is 48.2 Å². The number of hydrogen-bond donors (Lipinski definition) is 1. The van der Waals surface area contributed by atoms with Gasteiger partial charge in [-0.3, -0.25) is 9.59 Å². The van der Waals surface area contributed by atoms with Crippen LogP contribution in [0, 0.1) is 0 Å². The predicted octanol–water partition coefficient (Wildman–Crippen LogP) is 5.01. The molecule has 1 aliphatic heterocycles. The first-order chi connectivity index (χ1) is 17.1. The number of thiazole rings is 1. The van der Waals surface area contributed by atoms with Crippen molar-refractivity contribution in [1.29, 1.82) is 0 Å². The molecule has 5 rings (SSSR count). The number of ether oxygens (including phenoxy) is 1. The molecule has 0 bridgehead atoms. The molecule has 1 fully saturated rings. The maximum absolute atomic E-state index is 12.7. The largest absolute Gasteiger partial charge is 0.458 e. The molecule has 1 N–H and O–H groups in total. The van der Waals surface area contributed by atoms with Crippen LogP contribution in [0.5, 0.6) is 0 Å². The van der Waals surface area contributed by atoms with Gasteiger partial charge in [0.05, 0.1) is 24.8 Å². The molecule has 0 spiro atoms. The lowest BCUT2D eigenvalue weighted by Gasteiger charge is -2.26. The number of nitrogens with zero attached hydrogens (tertiary/aromatic N) is 2. The van der Waals surface area contributed by atoms with Gasteiger partial charge in [-0.1, -0.05) is 23.7 Å². The van der Waals surface area contributed by atoms with E-state index in [2.05, 4.69) is 10.3 Å². The van der Waals surface area contributed by atoms with E-state index >= 15 is 0 Å². The zero-order valence-electron chi connectivity index (χ0n) is 18.7. The number of carbonyl (C=O) groups excluding carboxylic acids is 2. The van der Waals surface area contributed by atoms with E-state index in [-0.39, 0.29) is 18.4 Å². The van der Waals surface area contributed by atoms with Gasteiger partial charge in [0.25, 0.3) is 5.91 Å². The summed E-state index contributed by atoms with van der Waals surface area (Å²) < 4.78 is 11.2. The quantitative estimate of drug-likeness (QED) is 0.371. The molecule has 2 aromatic carbocycles. The number of hydrogen-bond acceptors (Lipinski definition) is 6. The SMILES string of the molecule is O=C(/C=C/c1nccs1)NCc1cc2cc(-c3ccc(C(=O)N4CCOCC4)cc3)cc(Cl)c2o1. The maximum atomic E-state index is 12.7. The van der Waals surface area contributed by atoms with E-state index in [1.807, 2.05) is 52.7 Å². The highest BCUT2D eigenvalue weighted by Gasteiger charge is 2.18. The number of rotatable bonds is 6. The van der Waals surface area contributed by atoms with Crippen LogP contribution in [0.15, 0.2) is 64.5 Å². The second-order valence-electron chi connectivity index (χ2n) is 7.99. The number of nitrogens with one attached hydrogen (secondary N) is 1. The summed E-state index contributed by atoms with van der Waals surface area (Å²) in [6.07, 6.45) is 4.80. The smallest absolute Gasteiger partial charge is 0.254 e. The first kappa shape index (κ1) is 23.3. The summed E-state index contributed by atoms with van der Waals surface area (Å²) in [7, 11) is 0. The fourth-order valence-corrected chi connectivity index (χ4v) is 4.66. The zero-order valence-corrected chi connectivity index (χ0v) is 20.3. The van der Waals surface area contributed by atoms with E-state index in [1.165, 1.54) is 17.4 Å². The third-order valence-corrected chi connectivity index (χ3v) is 6.67. The number of amides is 2. The molecule has 2 amide bonds. The molecule has 0 radical (unpaired) electrons. The number of benzene rings is 2. The van der Waals surface area contributed by atoms with Gasteiger partial charge < -0.3 is 19.4 Å². The van der Waals surface area contributed by atoms with E-state index in [0.717, 1.165) is 21.5 Å². The van der Waals surface area contributed by atoms with Gasteiger partial charge in [0.1, 0.15) is 10.8 Å². The fraction of sp³-hybridized carbons (Fsp3) is 0.192. The van der Waals surface area contributed by atoms with Crippen molar-refractivity contribution < 1.29 is 18.7 Å². The van der Waals surface area contributed by atoms with Crippen LogP contribution >= 0.6 is 22.9 Å². The van der Waals surface area contributed by atoms with E-state index in [9.17, 15) is 9.59 Å². The van der Waals surface area contributed by atoms with E-state index < -0.39 is 0 Å². The predicted molar refractivity (Wildman–Crippen MR) is 136 cm³/mol. The highest BCUT2D eigenvalue weighted by molar-refractivity contribution is 7.10. The Morgan fingerprint density at radius 1 is 1.11 bits per heavy atom. The lowest BCUT2D eigenvalue weighted by atomic mass is 10.0. The number of furan rings is 1. The summed E-state index contributed by atoms with van der Waals surface area (Å²) in [6.45, 7) is 2.60. The molecule has 0 unspecified atom stereocenters. The number of aromatic nitrogens is 1. The number of fused-ring (bicyclic) bond motifs is 1. The second kappa shape index (κ2) is 10.4. The highest BCUT2D eigenvalue weighted by Crippen LogP contribution is 2.33. The molecule has 0 atom stereocenters. The Hall–Kier alpha value is -3.46. The van der Waals surface area contributed by atoms with Crippen LogP contribution in [0.25, 0.3) is 28.2 Å². The molecule has 1 saturated heterocycles. The summed E-state index contributed by atoms with van der Waals surface area (Å²) in [5.41, 5.74) is 3.07. The molecule has 0 aliphatic carbocycles. The minimum absolute atomic E-state index is 0.0105. The summed E-state index contributed by atoms with van der Waals surface area (Å²) in [6, 6.07) is 13.2. The van der Waals surface area contributed by atoms with Gasteiger partial charge in [-0.25, -0.2) is 4.98 Å². The Morgan fingerprint density at radius 3 is 2.66 bits per heavy atom. The summed E-state index contributed by atoms with van der Waals surface area (Å²) in [5.74, 6) is 0.372. The van der Waals surface area contributed by atoms with E-state index in [4.69, 9.17) is 20.8 Å². The summed E-state index contributed by atoms with van der Waals surface area (Å²) >= 11 is 7.96. The maximum Gasteiger partial charge on any atom is 0.254 e. The minimum Gasteiger partial charge on any atom is -0.458 e. The van der Waals surface area contributed by atoms with E-state index in [1.54, 1.807) is 12.3 Å². The van der Waals surface area contributed by atoms with Crippen LogP contribution in [0.2, 0.25) is 5.02 Å². The Kier molecular flexibility index (Phi) is 6.94. The lowest BCUT2D eigenvalue weighted by molar-refractivity contribution is -0.116. The molecule has 2 aromatic heterocycles. The first-order valence-corrected chi connectivity index (χ1v) is 12.4. The number of halogens is 1. The number of carbonyl (C=O) groups is 2. The number of morpholine rings is 1. The van der Waals surface area contributed by atoms with Gasteiger partial charge in [-0.05, 0) is 47.5 Å². The Labute approximate surface area is 211 Å². The van der Waals surface area contributed by atoms with Crippen LogP contribution in [0.1, 0.15) is 21.1 Å². The van der Waals surface area contributed by atoms with Crippen molar-refractivity contribution in [2.45, 2.75) is 6.54 Å². The molecule has 178 valence electrons. The molecular weight excluding hydrogens is 486 g/mol. The van der Waals surface area contributed by atoms with Crippen molar-refractivity contribution >= 4 is 51.8 Å². The molecule has 7 nitrogen and oxygen atoms in total. The van der Waals surface area contributed by atoms with Gasteiger partial charge in [-0.15, -0.1) is 11.3 Å². The van der Waals surface area contributed by atoms with Crippen molar-refractivity contribution in [3.8, 4) is 11.1 Å². The average molecular weight is 508 g/mol. The van der Waals surface area contributed by atoms with Gasteiger partial charge >= 0.3 is 0 Å². The van der Waals surface area contributed by atoms with Crippen LogP contribution in [0.3, 0.4) is 0 Å². The third kappa shape index (κ3) is 5.45. The van der Waals surface area contributed by atoms with Gasteiger partial charge in [0.2, 0.25) is 5.91 Å². The molecule has 1 aliphatic rings. The first-order valence-electron chi connectivity index (χ1n) is 11.1. The lowest BCUT2D eigenvalue weighted by Crippen LogP contribution is -2.40. The fourth-order valence-electron chi connectivity index (χ4n) is 3.87. The standard InChI is InChI=1S/C26H22ClN3O4S/c27-22-15-19(17-1-3-18(4-2-17)26(32)30-8-10-33-11-9-30)13-20-14-21(34-25(20)22)16-29-23(31)5-6-24-28-7-12-35-24/h1-7,12-15H,8-11,16H2,(H,29,31)/b6-5+. The van der Waals surface area contributed by atoms with Crippen molar-refractivity contribution in [3.05, 3.63) is 81.5 Å². The second-order valence-corrected chi connectivity index (χ2v) is 9.33. The van der Waals surface area contributed by atoms with Gasteiger partial charge in [0, 0.05) is 41.7 Å². The highest BCUT2D eigenvalue weighted by atomic mass is 35.5. The summed E-state index contributed by atoms with van der Waals surface area (Å²) in [5, 5.41) is 6.73. The topological polar surface area (TPSA) is 84.7 Å². The Balaban J connectivity index is 1.28. The van der Waals surface area contributed by atoms with Crippen LogP contribution in [-0.4, -0.2) is 48.0 Å². The average Bonchev–Trinajstić information content (AvgIpc) is 3.56. The van der Waals surface area contributed by atoms with Crippen LogP contribution < -0.4 is 5.32 Å². The van der Waals surface area contributed by atoms with Crippen molar-refractivity contribution in [2.24, 2.45) is 0 Å². The summed E-state index contributed by atoms with van der Waals surface area (Å²) in [4.78, 5) is 30.7. The van der Waals surface area contributed by atoms with Crippen molar-refractivity contribution in [1.82, 2.24) is 15.2 Å². The van der Waals surface area contributed by atoms with Gasteiger partial charge in [-0.2, -0.15) is 0 Å². The van der Waals surface area contributed by atoms with Gasteiger partial charge in [0.15, 0.2) is 5.58 Å². The Morgan fingerprint density at radius 2 is 1.91 bits per heavy atom. The Bertz CT molecular complexity index is 1370. The minimum atomic E-state index is -0.237. The van der Waals surface area contributed by atoms with Crippen molar-refractivity contribution in [3.63, 3.8) is 0 Å². The molecule has 35 heavy (non-hydrogen) atoms. The van der Waals surface area contributed by atoms with Crippen LogP contribution in [-0.2, 0) is 16.1 Å². The monoisotopic (exact) mass is 507 g/mol. The molecule has 3 heterocycles. The van der Waals surface area contributed by atoms with Crippen LogP contribution in [0.4, 0.5) is 0 Å². The molecule has 0 saturated carbocycles. The third-order valence-electron chi connectivity index (χ3n) is 5.65. The normalized spacial score (nSPS) is 14.0. The van der Waals surface area contributed by atoms with Crippen molar-refractivity contribution in [2.75, 3.05) is 26.3 Å².